The molecule has 0 unspecified atom stereocenters. The fraction of sp³-hybridized carbons (Fsp3) is 0.600. The minimum atomic E-state index is -0.180. The Labute approximate surface area is 107 Å². The number of ketones is 1. The van der Waals surface area contributed by atoms with Gasteiger partial charge in [-0.3, -0.25) is 9.59 Å². The Bertz CT molecular complexity index is 500. The van der Waals surface area contributed by atoms with E-state index in [2.05, 4.69) is 6.92 Å². The molecule has 0 N–H and O–H groups in total. The van der Waals surface area contributed by atoms with E-state index in [9.17, 15) is 9.59 Å². The first-order valence-corrected chi connectivity index (χ1v) is 6.59. The number of allylic oxidation sites excluding steroid dienone is 3. The molecule has 3 heteroatoms. The van der Waals surface area contributed by atoms with E-state index in [1.165, 1.54) is 0 Å². The van der Waals surface area contributed by atoms with Gasteiger partial charge in [-0.1, -0.05) is 19.9 Å². The molecule has 96 valence electrons. The van der Waals surface area contributed by atoms with Gasteiger partial charge in [0.25, 0.3) is 0 Å². The lowest BCUT2D eigenvalue weighted by Gasteiger charge is -2.42. The van der Waals surface area contributed by atoms with Gasteiger partial charge in [-0.05, 0) is 31.4 Å². The van der Waals surface area contributed by atoms with Crippen molar-refractivity contribution in [2.75, 3.05) is 0 Å². The lowest BCUT2D eigenvalue weighted by atomic mass is 9.62. The number of hydrogen-bond acceptors (Lipinski definition) is 3. The van der Waals surface area contributed by atoms with Crippen LogP contribution in [0.25, 0.3) is 0 Å². The van der Waals surface area contributed by atoms with Crippen molar-refractivity contribution in [2.45, 2.75) is 39.7 Å². The van der Waals surface area contributed by atoms with Gasteiger partial charge in [0.2, 0.25) is 0 Å². The van der Waals surface area contributed by atoms with Crippen LogP contribution in [-0.4, -0.2) is 17.9 Å². The molecule has 2 aliphatic carbocycles. The molecular weight excluding hydrogens is 228 g/mol. The van der Waals surface area contributed by atoms with Gasteiger partial charge in [-0.15, -0.1) is 0 Å². The van der Waals surface area contributed by atoms with Crippen LogP contribution >= 0.6 is 0 Å². The van der Waals surface area contributed by atoms with Gasteiger partial charge in [0, 0.05) is 16.9 Å². The molecule has 0 spiro atoms. The largest absolute Gasteiger partial charge is 0.457 e. The standard InChI is InChI=1S/C15H18O3/c1-8-10-4-6-15(3)7-5-11(16)9(2)12(15)13(10)18-14(8)17/h5,7-8,10,13H,4,6H2,1-3H3/t8-,10-,13-,15-/m1/s1. The maximum Gasteiger partial charge on any atom is 0.309 e. The highest BCUT2D eigenvalue weighted by molar-refractivity contribution is 6.05. The second-order valence-electron chi connectivity index (χ2n) is 6.00. The van der Waals surface area contributed by atoms with E-state index in [1.807, 2.05) is 19.9 Å². The van der Waals surface area contributed by atoms with Crippen LogP contribution in [0.3, 0.4) is 0 Å². The van der Waals surface area contributed by atoms with Crippen LogP contribution in [0.2, 0.25) is 0 Å². The molecule has 0 radical (unpaired) electrons. The van der Waals surface area contributed by atoms with Crippen LogP contribution in [0.1, 0.15) is 33.6 Å². The Morgan fingerprint density at radius 2 is 2.11 bits per heavy atom. The predicted molar refractivity (Wildman–Crippen MR) is 66.7 cm³/mol. The van der Waals surface area contributed by atoms with Crippen molar-refractivity contribution >= 4 is 11.8 Å². The SMILES string of the molecule is CC1=C2[C@@H]3OC(=O)[C@H](C)[C@H]3CC[C@]2(C)C=CC1=O. The Morgan fingerprint density at radius 3 is 2.83 bits per heavy atom. The highest BCUT2D eigenvalue weighted by Gasteiger charge is 2.52. The zero-order valence-corrected chi connectivity index (χ0v) is 11.0. The van der Waals surface area contributed by atoms with E-state index in [0.29, 0.717) is 0 Å². The van der Waals surface area contributed by atoms with Gasteiger partial charge in [0.05, 0.1) is 5.92 Å². The van der Waals surface area contributed by atoms with Gasteiger partial charge in [0.15, 0.2) is 5.78 Å². The maximum atomic E-state index is 11.9. The average Bonchev–Trinajstić information content (AvgIpc) is 2.60. The van der Waals surface area contributed by atoms with Gasteiger partial charge in [-0.25, -0.2) is 0 Å². The second kappa shape index (κ2) is 3.56. The molecule has 0 amide bonds. The van der Waals surface area contributed by atoms with Gasteiger partial charge >= 0.3 is 5.97 Å². The van der Waals surface area contributed by atoms with Crippen molar-refractivity contribution in [3.8, 4) is 0 Å². The second-order valence-corrected chi connectivity index (χ2v) is 6.00. The van der Waals surface area contributed by atoms with Crippen molar-refractivity contribution in [1.82, 2.24) is 0 Å². The van der Waals surface area contributed by atoms with Crippen molar-refractivity contribution in [1.29, 1.82) is 0 Å². The molecule has 1 saturated heterocycles. The first-order chi connectivity index (χ1) is 8.44. The first kappa shape index (κ1) is 11.7. The third-order valence-corrected chi connectivity index (χ3v) is 4.92. The average molecular weight is 246 g/mol. The summed E-state index contributed by atoms with van der Waals surface area (Å²) >= 11 is 0. The summed E-state index contributed by atoms with van der Waals surface area (Å²) in [5.41, 5.74) is 1.71. The normalized spacial score (nSPS) is 42.7. The smallest absolute Gasteiger partial charge is 0.309 e. The third-order valence-electron chi connectivity index (χ3n) is 4.92. The molecule has 1 aliphatic heterocycles. The van der Waals surface area contributed by atoms with Crippen molar-refractivity contribution in [3.63, 3.8) is 0 Å². The lowest BCUT2D eigenvalue weighted by molar-refractivity contribution is -0.143. The Hall–Kier alpha value is -1.38. The van der Waals surface area contributed by atoms with E-state index in [-0.39, 0.29) is 35.1 Å². The first-order valence-electron chi connectivity index (χ1n) is 6.59. The molecule has 3 rings (SSSR count). The number of ether oxygens (including phenoxy) is 1. The zero-order chi connectivity index (χ0) is 13.1. The monoisotopic (exact) mass is 246 g/mol. The summed E-state index contributed by atoms with van der Waals surface area (Å²) in [6, 6.07) is 0. The van der Waals surface area contributed by atoms with E-state index >= 15 is 0 Å². The van der Waals surface area contributed by atoms with Crippen molar-refractivity contribution in [2.24, 2.45) is 17.3 Å². The molecule has 1 heterocycles. The quantitative estimate of drug-likeness (QED) is 0.616. The van der Waals surface area contributed by atoms with Crippen LogP contribution < -0.4 is 0 Å². The third kappa shape index (κ3) is 1.36. The van der Waals surface area contributed by atoms with E-state index < -0.39 is 0 Å². The Kier molecular flexibility index (Phi) is 2.31. The van der Waals surface area contributed by atoms with Crippen LogP contribution in [0, 0.1) is 17.3 Å². The van der Waals surface area contributed by atoms with Crippen molar-refractivity contribution in [3.05, 3.63) is 23.3 Å². The topological polar surface area (TPSA) is 43.4 Å². The molecule has 4 atom stereocenters. The lowest BCUT2D eigenvalue weighted by Crippen LogP contribution is -2.39. The predicted octanol–water partition coefficient (Wildman–Crippen LogP) is 2.42. The van der Waals surface area contributed by atoms with E-state index in [1.54, 1.807) is 6.08 Å². The number of carbonyl (C=O) groups is 2. The minimum Gasteiger partial charge on any atom is -0.457 e. The number of fused-ring (bicyclic) bond motifs is 3. The number of carbonyl (C=O) groups excluding carboxylic acids is 2. The summed E-state index contributed by atoms with van der Waals surface area (Å²) in [6.45, 7) is 5.94. The van der Waals surface area contributed by atoms with Crippen LogP contribution in [0.4, 0.5) is 0 Å². The molecule has 0 aromatic rings. The molecule has 2 fully saturated rings. The highest BCUT2D eigenvalue weighted by atomic mass is 16.6. The van der Waals surface area contributed by atoms with Crippen LogP contribution in [-0.2, 0) is 14.3 Å². The summed E-state index contributed by atoms with van der Waals surface area (Å²) in [6.07, 6.45) is 5.46. The highest BCUT2D eigenvalue weighted by Crippen LogP contribution is 2.52. The summed E-state index contributed by atoms with van der Waals surface area (Å²) in [7, 11) is 0. The van der Waals surface area contributed by atoms with Crippen LogP contribution in [0.15, 0.2) is 23.3 Å². The van der Waals surface area contributed by atoms with Gasteiger partial charge in [0.1, 0.15) is 6.10 Å². The summed E-state index contributed by atoms with van der Waals surface area (Å²) in [5, 5.41) is 0. The Balaban J connectivity index is 2.10. The zero-order valence-electron chi connectivity index (χ0n) is 11.0. The molecule has 0 aromatic heterocycles. The Morgan fingerprint density at radius 1 is 1.39 bits per heavy atom. The van der Waals surface area contributed by atoms with Gasteiger partial charge < -0.3 is 4.74 Å². The summed E-state index contributed by atoms with van der Waals surface area (Å²) in [4.78, 5) is 23.6. The number of hydrogen-bond donors (Lipinski definition) is 0. The molecule has 0 bridgehead atoms. The molecule has 3 aliphatic rings. The maximum absolute atomic E-state index is 11.9. The molecular formula is C15H18O3. The van der Waals surface area contributed by atoms with Crippen molar-refractivity contribution < 1.29 is 14.3 Å². The summed E-state index contributed by atoms with van der Waals surface area (Å²) in [5.74, 6) is 0.144. The number of esters is 1. The fourth-order valence-electron chi connectivity index (χ4n) is 3.69. The van der Waals surface area contributed by atoms with E-state index in [4.69, 9.17) is 4.74 Å². The molecule has 18 heavy (non-hydrogen) atoms. The number of rotatable bonds is 0. The fourth-order valence-corrected chi connectivity index (χ4v) is 3.69. The van der Waals surface area contributed by atoms with Crippen LogP contribution in [0.5, 0.6) is 0 Å². The van der Waals surface area contributed by atoms with E-state index in [0.717, 1.165) is 24.0 Å². The minimum absolute atomic E-state index is 0.0409. The summed E-state index contributed by atoms with van der Waals surface area (Å²) < 4.78 is 5.55. The molecule has 0 aromatic carbocycles. The molecule has 1 saturated carbocycles. The molecule has 3 nitrogen and oxygen atoms in total. The van der Waals surface area contributed by atoms with Gasteiger partial charge in [-0.2, -0.15) is 0 Å².